The first-order valence-electron chi connectivity index (χ1n) is 9.02. The lowest BCUT2D eigenvalue weighted by atomic mass is 9.86. The van der Waals surface area contributed by atoms with Gasteiger partial charge in [0, 0.05) is 25.4 Å². The predicted molar refractivity (Wildman–Crippen MR) is 94.6 cm³/mol. The number of nitrogens with zero attached hydrogens (tertiary/aromatic N) is 1. The van der Waals surface area contributed by atoms with Gasteiger partial charge in [0.2, 0.25) is 5.91 Å². The molecule has 0 spiro atoms. The zero-order valence-electron chi connectivity index (χ0n) is 14.8. The highest BCUT2D eigenvalue weighted by molar-refractivity contribution is 5.79. The maximum atomic E-state index is 13.0. The second-order valence-electron chi connectivity index (χ2n) is 7.27. The molecule has 132 valence electrons. The number of aliphatic carboxylic acids is 1. The summed E-state index contributed by atoms with van der Waals surface area (Å²) < 4.78 is 0. The van der Waals surface area contributed by atoms with Crippen LogP contribution in [-0.4, -0.2) is 35.0 Å². The zero-order valence-corrected chi connectivity index (χ0v) is 14.8. The van der Waals surface area contributed by atoms with Crippen LogP contribution >= 0.6 is 0 Å². The van der Waals surface area contributed by atoms with Crippen LogP contribution in [0.25, 0.3) is 0 Å². The second kappa shape index (κ2) is 8.86. The Morgan fingerprint density at radius 3 is 2.58 bits per heavy atom. The summed E-state index contributed by atoms with van der Waals surface area (Å²) in [5.74, 6) is 0.0857. The summed E-state index contributed by atoms with van der Waals surface area (Å²) in [5.41, 5.74) is 1.20. The lowest BCUT2D eigenvalue weighted by molar-refractivity contribution is -0.139. The first kappa shape index (κ1) is 18.5. The molecule has 4 nitrogen and oxygen atoms in total. The third kappa shape index (κ3) is 5.36. The van der Waals surface area contributed by atoms with Gasteiger partial charge in [0.05, 0.1) is 0 Å². The molecule has 0 aromatic heterocycles. The molecule has 0 radical (unpaired) electrons. The molecule has 2 unspecified atom stereocenters. The lowest BCUT2D eigenvalue weighted by Gasteiger charge is -2.36. The monoisotopic (exact) mass is 331 g/mol. The smallest absolute Gasteiger partial charge is 0.303 e. The molecule has 1 heterocycles. The summed E-state index contributed by atoms with van der Waals surface area (Å²) in [6.45, 7) is 5.74. The van der Waals surface area contributed by atoms with Crippen LogP contribution in [0.2, 0.25) is 0 Å². The summed E-state index contributed by atoms with van der Waals surface area (Å²) >= 11 is 0. The number of carbonyl (C=O) groups excluding carboxylic acids is 1. The van der Waals surface area contributed by atoms with Gasteiger partial charge < -0.3 is 10.0 Å². The van der Waals surface area contributed by atoms with Crippen LogP contribution in [0.1, 0.15) is 45.1 Å². The van der Waals surface area contributed by atoms with Crippen molar-refractivity contribution in [2.75, 3.05) is 13.1 Å². The van der Waals surface area contributed by atoms with Gasteiger partial charge in [-0.05, 0) is 43.1 Å². The molecule has 1 aromatic carbocycles. The minimum Gasteiger partial charge on any atom is -0.481 e. The van der Waals surface area contributed by atoms with E-state index in [1.54, 1.807) is 0 Å². The fourth-order valence-electron chi connectivity index (χ4n) is 3.54. The maximum Gasteiger partial charge on any atom is 0.303 e. The number of carboxylic acid groups (broad SMARTS) is 1. The van der Waals surface area contributed by atoms with E-state index >= 15 is 0 Å². The van der Waals surface area contributed by atoms with Crippen LogP contribution in [0, 0.1) is 17.8 Å². The number of hydrogen-bond donors (Lipinski definition) is 1. The van der Waals surface area contributed by atoms with Crippen molar-refractivity contribution in [2.24, 2.45) is 17.8 Å². The first-order valence-corrected chi connectivity index (χ1v) is 9.02. The van der Waals surface area contributed by atoms with Gasteiger partial charge in [-0.3, -0.25) is 9.59 Å². The Morgan fingerprint density at radius 2 is 1.96 bits per heavy atom. The van der Waals surface area contributed by atoms with E-state index in [2.05, 4.69) is 26.0 Å². The summed E-state index contributed by atoms with van der Waals surface area (Å²) in [4.78, 5) is 25.8. The van der Waals surface area contributed by atoms with E-state index in [9.17, 15) is 9.59 Å². The summed E-state index contributed by atoms with van der Waals surface area (Å²) in [6.07, 6.45) is 3.65. The van der Waals surface area contributed by atoms with Gasteiger partial charge in [-0.1, -0.05) is 44.2 Å². The molecular weight excluding hydrogens is 302 g/mol. The van der Waals surface area contributed by atoms with Crippen molar-refractivity contribution in [3.8, 4) is 0 Å². The second-order valence-corrected chi connectivity index (χ2v) is 7.27. The molecule has 24 heavy (non-hydrogen) atoms. The Labute approximate surface area is 144 Å². The SMILES string of the molecule is CC(C)C(Cc1ccccc1)C(=O)N1CCCC(CCC(=O)O)C1. The standard InChI is InChI=1S/C20H29NO3/c1-15(2)18(13-16-7-4-3-5-8-16)20(24)21-12-6-9-17(14-21)10-11-19(22)23/h3-5,7-8,15,17-18H,6,9-14H2,1-2H3,(H,22,23). The number of benzene rings is 1. The number of amides is 1. The molecular formula is C20H29NO3. The molecule has 1 N–H and O–H groups in total. The van der Waals surface area contributed by atoms with Crippen LogP contribution < -0.4 is 0 Å². The summed E-state index contributed by atoms with van der Waals surface area (Å²) in [5, 5.41) is 8.86. The molecule has 1 aromatic rings. The van der Waals surface area contributed by atoms with Crippen molar-refractivity contribution >= 4 is 11.9 Å². The van der Waals surface area contributed by atoms with Crippen molar-refractivity contribution in [3.05, 3.63) is 35.9 Å². The molecule has 1 amide bonds. The minimum atomic E-state index is -0.748. The van der Waals surface area contributed by atoms with Crippen LogP contribution in [0.4, 0.5) is 0 Å². The predicted octanol–water partition coefficient (Wildman–Crippen LogP) is 3.60. The third-order valence-electron chi connectivity index (χ3n) is 5.02. The van der Waals surface area contributed by atoms with Crippen molar-refractivity contribution in [1.29, 1.82) is 0 Å². The Hall–Kier alpha value is -1.84. The van der Waals surface area contributed by atoms with Crippen molar-refractivity contribution in [1.82, 2.24) is 4.90 Å². The summed E-state index contributed by atoms with van der Waals surface area (Å²) in [6, 6.07) is 10.2. The van der Waals surface area contributed by atoms with Crippen molar-refractivity contribution in [2.45, 2.75) is 46.0 Å². The Bertz CT molecular complexity index is 541. The molecule has 0 aliphatic carbocycles. The number of piperidine rings is 1. The van der Waals surface area contributed by atoms with E-state index in [1.807, 2.05) is 23.1 Å². The first-order chi connectivity index (χ1) is 11.5. The van der Waals surface area contributed by atoms with Crippen LogP contribution in [0.5, 0.6) is 0 Å². The van der Waals surface area contributed by atoms with Crippen LogP contribution in [-0.2, 0) is 16.0 Å². The number of hydrogen-bond acceptors (Lipinski definition) is 2. The van der Waals surface area contributed by atoms with Crippen molar-refractivity contribution in [3.63, 3.8) is 0 Å². The van der Waals surface area contributed by atoms with Crippen molar-refractivity contribution < 1.29 is 14.7 Å². The molecule has 0 bridgehead atoms. The van der Waals surface area contributed by atoms with Gasteiger partial charge in [0.15, 0.2) is 0 Å². The van der Waals surface area contributed by atoms with E-state index in [0.717, 1.165) is 25.8 Å². The molecule has 2 rings (SSSR count). The van der Waals surface area contributed by atoms with Crippen LogP contribution in [0.15, 0.2) is 30.3 Å². The van der Waals surface area contributed by atoms with E-state index in [1.165, 1.54) is 5.56 Å². The fraction of sp³-hybridized carbons (Fsp3) is 0.600. The quantitative estimate of drug-likeness (QED) is 0.830. The number of rotatable bonds is 7. The lowest BCUT2D eigenvalue weighted by Crippen LogP contribution is -2.44. The Kier molecular flexibility index (Phi) is 6.83. The molecule has 1 fully saturated rings. The highest BCUT2D eigenvalue weighted by Crippen LogP contribution is 2.26. The molecule has 1 aliphatic heterocycles. The largest absolute Gasteiger partial charge is 0.481 e. The number of likely N-dealkylation sites (tertiary alicyclic amines) is 1. The van der Waals surface area contributed by atoms with E-state index in [4.69, 9.17) is 5.11 Å². The highest BCUT2D eigenvalue weighted by atomic mass is 16.4. The van der Waals surface area contributed by atoms with Gasteiger partial charge in [-0.15, -0.1) is 0 Å². The third-order valence-corrected chi connectivity index (χ3v) is 5.02. The molecule has 1 aliphatic rings. The Morgan fingerprint density at radius 1 is 1.25 bits per heavy atom. The average molecular weight is 331 g/mol. The zero-order chi connectivity index (χ0) is 17.5. The number of carboxylic acids is 1. The van der Waals surface area contributed by atoms with Gasteiger partial charge >= 0.3 is 5.97 Å². The molecule has 0 saturated carbocycles. The minimum absolute atomic E-state index is 0.00868. The van der Waals surface area contributed by atoms with Gasteiger partial charge in [0.1, 0.15) is 0 Å². The topological polar surface area (TPSA) is 57.6 Å². The van der Waals surface area contributed by atoms with Gasteiger partial charge in [-0.25, -0.2) is 0 Å². The molecule has 1 saturated heterocycles. The summed E-state index contributed by atoms with van der Waals surface area (Å²) in [7, 11) is 0. The van der Waals surface area contributed by atoms with E-state index < -0.39 is 5.97 Å². The fourth-order valence-corrected chi connectivity index (χ4v) is 3.54. The molecule has 2 atom stereocenters. The van der Waals surface area contributed by atoms with E-state index in [-0.39, 0.29) is 24.2 Å². The average Bonchev–Trinajstić information content (AvgIpc) is 2.58. The van der Waals surface area contributed by atoms with Crippen LogP contribution in [0.3, 0.4) is 0 Å². The molecule has 4 heteroatoms. The van der Waals surface area contributed by atoms with E-state index in [0.29, 0.717) is 18.9 Å². The van der Waals surface area contributed by atoms with Gasteiger partial charge in [-0.2, -0.15) is 0 Å². The highest BCUT2D eigenvalue weighted by Gasteiger charge is 2.30. The van der Waals surface area contributed by atoms with Gasteiger partial charge in [0.25, 0.3) is 0 Å². The number of carbonyl (C=O) groups is 2. The maximum absolute atomic E-state index is 13.0. The Balaban J connectivity index is 1.99. The normalized spacial score (nSPS) is 19.3.